The first-order valence-corrected chi connectivity index (χ1v) is 6.26. The normalized spacial score (nSPS) is 10.9. The van der Waals surface area contributed by atoms with Crippen LogP contribution in [-0.2, 0) is 6.42 Å². The Bertz CT molecular complexity index is 554. The molecule has 0 bridgehead atoms. The third-order valence-corrected chi connectivity index (χ3v) is 3.15. The lowest BCUT2D eigenvalue weighted by Crippen LogP contribution is -2.01. The number of nitrogens with one attached hydrogen (secondary N) is 1. The average Bonchev–Trinajstić information content (AvgIpc) is 2.79. The highest BCUT2D eigenvalue weighted by Gasteiger charge is 2.11. The fraction of sp³-hybridized carbons (Fsp3) is 0.250. The van der Waals surface area contributed by atoms with Gasteiger partial charge in [-0.2, -0.15) is 0 Å². The second-order valence-electron chi connectivity index (χ2n) is 3.88. The summed E-state index contributed by atoms with van der Waals surface area (Å²) in [5.41, 5.74) is 6.64. The number of nitrogens with two attached hydrogens (primary N) is 1. The summed E-state index contributed by atoms with van der Waals surface area (Å²) in [6.07, 6.45) is 3.22. The van der Waals surface area contributed by atoms with E-state index < -0.39 is 5.82 Å². The minimum absolute atomic E-state index is 0.00613. The van der Waals surface area contributed by atoms with E-state index in [0.717, 1.165) is 18.7 Å². The summed E-state index contributed by atoms with van der Waals surface area (Å²) in [7, 11) is 0. The predicted molar refractivity (Wildman–Crippen MR) is 71.4 cm³/mol. The van der Waals surface area contributed by atoms with Crippen LogP contribution in [0.4, 0.5) is 4.39 Å². The van der Waals surface area contributed by atoms with Crippen LogP contribution in [0.25, 0.3) is 11.3 Å². The predicted octanol–water partition coefficient (Wildman–Crippen LogP) is 3.41. The summed E-state index contributed by atoms with van der Waals surface area (Å²) in [4.78, 5) is 7.29. The number of aromatic amines is 1. The highest BCUT2D eigenvalue weighted by Crippen LogP contribution is 2.31. The highest BCUT2D eigenvalue weighted by atomic mass is 35.5. The van der Waals surface area contributed by atoms with Crippen LogP contribution in [0.1, 0.15) is 12.2 Å². The van der Waals surface area contributed by atoms with Crippen molar-refractivity contribution in [1.29, 1.82) is 0 Å². The third kappa shape index (κ3) is 2.83. The summed E-state index contributed by atoms with van der Waals surface area (Å²) < 4.78 is 13.4. The molecule has 96 valence electrons. The molecule has 0 amide bonds. The quantitative estimate of drug-likeness (QED) is 0.847. The SMILES string of the molecule is NCCCc1ncc(-c2cc(F)c(Cl)cc2Cl)[nH]1. The number of rotatable bonds is 4. The maximum atomic E-state index is 13.4. The topological polar surface area (TPSA) is 54.7 Å². The molecule has 0 aliphatic heterocycles. The third-order valence-electron chi connectivity index (χ3n) is 2.55. The molecule has 2 rings (SSSR count). The van der Waals surface area contributed by atoms with Crippen LogP contribution in [0.5, 0.6) is 0 Å². The van der Waals surface area contributed by atoms with Gasteiger partial charge in [0.2, 0.25) is 0 Å². The van der Waals surface area contributed by atoms with Gasteiger partial charge < -0.3 is 10.7 Å². The van der Waals surface area contributed by atoms with Crippen molar-refractivity contribution in [3.8, 4) is 11.3 Å². The van der Waals surface area contributed by atoms with Gasteiger partial charge in [-0.3, -0.25) is 0 Å². The second kappa shape index (κ2) is 5.69. The molecule has 0 spiro atoms. The van der Waals surface area contributed by atoms with Crippen molar-refractivity contribution in [1.82, 2.24) is 9.97 Å². The Morgan fingerprint density at radius 3 is 2.78 bits per heavy atom. The zero-order valence-electron chi connectivity index (χ0n) is 9.51. The molecule has 18 heavy (non-hydrogen) atoms. The Morgan fingerprint density at radius 2 is 2.06 bits per heavy atom. The molecule has 0 aliphatic carbocycles. The number of hydrogen-bond acceptors (Lipinski definition) is 2. The van der Waals surface area contributed by atoms with E-state index in [0.29, 0.717) is 22.8 Å². The first-order chi connectivity index (χ1) is 8.61. The van der Waals surface area contributed by atoms with Crippen molar-refractivity contribution in [2.75, 3.05) is 6.54 Å². The Balaban J connectivity index is 2.31. The van der Waals surface area contributed by atoms with Gasteiger partial charge in [0, 0.05) is 12.0 Å². The number of aromatic nitrogens is 2. The van der Waals surface area contributed by atoms with Crippen molar-refractivity contribution in [2.24, 2.45) is 5.73 Å². The molecule has 0 unspecified atom stereocenters. The highest BCUT2D eigenvalue weighted by molar-refractivity contribution is 6.36. The molecule has 1 aromatic carbocycles. The molecule has 1 aromatic heterocycles. The van der Waals surface area contributed by atoms with Crippen LogP contribution in [0.3, 0.4) is 0 Å². The largest absolute Gasteiger partial charge is 0.342 e. The lowest BCUT2D eigenvalue weighted by molar-refractivity contribution is 0.628. The molecule has 0 atom stereocenters. The van der Waals surface area contributed by atoms with Gasteiger partial charge in [0.15, 0.2) is 0 Å². The Morgan fingerprint density at radius 1 is 1.28 bits per heavy atom. The van der Waals surface area contributed by atoms with Gasteiger partial charge in [-0.25, -0.2) is 9.37 Å². The van der Waals surface area contributed by atoms with E-state index >= 15 is 0 Å². The molecule has 3 N–H and O–H groups in total. The number of aryl methyl sites for hydroxylation is 1. The lowest BCUT2D eigenvalue weighted by Gasteiger charge is -2.03. The van der Waals surface area contributed by atoms with E-state index in [1.165, 1.54) is 12.1 Å². The number of benzene rings is 1. The lowest BCUT2D eigenvalue weighted by atomic mass is 10.1. The Labute approximate surface area is 114 Å². The van der Waals surface area contributed by atoms with E-state index in [-0.39, 0.29) is 5.02 Å². The molecule has 0 saturated heterocycles. The van der Waals surface area contributed by atoms with Crippen LogP contribution < -0.4 is 5.73 Å². The minimum atomic E-state index is -0.505. The molecule has 2 aromatic rings. The van der Waals surface area contributed by atoms with Crippen molar-refractivity contribution in [2.45, 2.75) is 12.8 Å². The number of imidazole rings is 1. The van der Waals surface area contributed by atoms with Gasteiger partial charge in [-0.15, -0.1) is 0 Å². The van der Waals surface area contributed by atoms with Gasteiger partial charge in [-0.1, -0.05) is 23.2 Å². The van der Waals surface area contributed by atoms with Crippen molar-refractivity contribution in [3.05, 3.63) is 40.0 Å². The smallest absolute Gasteiger partial charge is 0.142 e. The van der Waals surface area contributed by atoms with Gasteiger partial charge >= 0.3 is 0 Å². The fourth-order valence-corrected chi connectivity index (χ4v) is 2.11. The fourth-order valence-electron chi connectivity index (χ4n) is 1.62. The minimum Gasteiger partial charge on any atom is -0.342 e. The Kier molecular flexibility index (Phi) is 4.22. The summed E-state index contributed by atoms with van der Waals surface area (Å²) in [6, 6.07) is 2.68. The van der Waals surface area contributed by atoms with E-state index in [1.54, 1.807) is 6.20 Å². The molecule has 0 fully saturated rings. The van der Waals surface area contributed by atoms with Crippen molar-refractivity contribution < 1.29 is 4.39 Å². The second-order valence-corrected chi connectivity index (χ2v) is 4.70. The number of hydrogen-bond donors (Lipinski definition) is 2. The average molecular weight is 288 g/mol. The van der Waals surface area contributed by atoms with Crippen LogP contribution in [0, 0.1) is 5.82 Å². The van der Waals surface area contributed by atoms with E-state index in [9.17, 15) is 4.39 Å². The summed E-state index contributed by atoms with van der Waals surface area (Å²) in [5, 5.41) is 0.391. The van der Waals surface area contributed by atoms with Gasteiger partial charge in [0.25, 0.3) is 0 Å². The first kappa shape index (κ1) is 13.3. The zero-order valence-corrected chi connectivity index (χ0v) is 11.0. The molecule has 6 heteroatoms. The number of halogens is 3. The van der Waals surface area contributed by atoms with E-state index in [2.05, 4.69) is 9.97 Å². The van der Waals surface area contributed by atoms with Gasteiger partial charge in [-0.05, 0) is 25.1 Å². The van der Waals surface area contributed by atoms with E-state index in [1.807, 2.05) is 0 Å². The van der Waals surface area contributed by atoms with Crippen LogP contribution >= 0.6 is 23.2 Å². The molecule has 0 saturated carbocycles. The van der Waals surface area contributed by atoms with Crippen LogP contribution in [0.2, 0.25) is 10.0 Å². The van der Waals surface area contributed by atoms with Crippen molar-refractivity contribution >= 4 is 23.2 Å². The molecule has 3 nitrogen and oxygen atoms in total. The van der Waals surface area contributed by atoms with Gasteiger partial charge in [0.1, 0.15) is 11.6 Å². The first-order valence-electron chi connectivity index (χ1n) is 5.50. The monoisotopic (exact) mass is 287 g/mol. The van der Waals surface area contributed by atoms with Crippen molar-refractivity contribution in [3.63, 3.8) is 0 Å². The Hall–Kier alpha value is -1.10. The summed E-state index contributed by atoms with van der Waals surface area (Å²) in [6.45, 7) is 0.604. The molecular formula is C12H12Cl2FN3. The summed E-state index contributed by atoms with van der Waals surface area (Å²) >= 11 is 11.7. The molecule has 0 radical (unpaired) electrons. The zero-order chi connectivity index (χ0) is 13.1. The van der Waals surface area contributed by atoms with Gasteiger partial charge in [0.05, 0.1) is 21.9 Å². The standard InChI is InChI=1S/C12H12Cl2FN3/c13-8-5-9(14)10(15)4-7(8)11-6-17-12(18-11)2-1-3-16/h4-6H,1-3,16H2,(H,17,18). The summed E-state index contributed by atoms with van der Waals surface area (Å²) in [5.74, 6) is 0.302. The molecule has 1 heterocycles. The molecule has 0 aliphatic rings. The van der Waals surface area contributed by atoms with Crippen LogP contribution in [-0.4, -0.2) is 16.5 Å². The van der Waals surface area contributed by atoms with E-state index in [4.69, 9.17) is 28.9 Å². The number of nitrogens with zero attached hydrogens (tertiary/aromatic N) is 1. The maximum absolute atomic E-state index is 13.4. The maximum Gasteiger partial charge on any atom is 0.142 e. The molecular weight excluding hydrogens is 276 g/mol. The number of H-pyrrole nitrogens is 1. The van der Waals surface area contributed by atoms with Crippen LogP contribution in [0.15, 0.2) is 18.3 Å².